The third-order valence-electron chi connectivity index (χ3n) is 2.83. The average Bonchev–Trinajstić information content (AvgIpc) is 2.69. The zero-order valence-electron chi connectivity index (χ0n) is 10.1. The van der Waals surface area contributed by atoms with Gasteiger partial charge in [-0.3, -0.25) is 10.1 Å². The minimum atomic E-state index is -0.408. The molecule has 0 saturated heterocycles. The van der Waals surface area contributed by atoms with Gasteiger partial charge in [0.15, 0.2) is 11.6 Å². The molecule has 1 heterocycles. The van der Waals surface area contributed by atoms with Gasteiger partial charge in [-0.2, -0.15) is 0 Å². The number of aromatic nitrogens is 1. The maximum Gasteiger partial charge on any atom is 0.272 e. The van der Waals surface area contributed by atoms with Gasteiger partial charge in [0.05, 0.1) is 4.92 Å². The summed E-state index contributed by atoms with van der Waals surface area (Å²) in [5.41, 5.74) is 7.93. The van der Waals surface area contributed by atoms with E-state index in [1.807, 2.05) is 6.92 Å². The van der Waals surface area contributed by atoms with Gasteiger partial charge in [-0.25, -0.2) is 0 Å². The van der Waals surface area contributed by atoms with Crippen molar-refractivity contribution in [3.05, 3.63) is 39.4 Å². The highest BCUT2D eigenvalue weighted by atomic mass is 16.6. The molecule has 0 unspecified atom stereocenters. The molecule has 2 rings (SSSR count). The van der Waals surface area contributed by atoms with E-state index in [1.54, 1.807) is 19.1 Å². The summed E-state index contributed by atoms with van der Waals surface area (Å²) in [5, 5.41) is 14.5. The Hall–Kier alpha value is -2.37. The van der Waals surface area contributed by atoms with E-state index in [0.29, 0.717) is 23.6 Å². The molecule has 0 aliphatic rings. The van der Waals surface area contributed by atoms with Crippen molar-refractivity contribution in [2.24, 2.45) is 0 Å². The van der Waals surface area contributed by atoms with Crippen molar-refractivity contribution in [1.29, 1.82) is 0 Å². The molecule has 2 N–H and O–H groups in total. The Labute approximate surface area is 104 Å². The number of aryl methyl sites for hydroxylation is 1. The van der Waals surface area contributed by atoms with Crippen molar-refractivity contribution in [2.75, 3.05) is 5.73 Å². The third-order valence-corrected chi connectivity index (χ3v) is 2.83. The normalized spacial score (nSPS) is 10.6. The van der Waals surface area contributed by atoms with E-state index in [4.69, 9.17) is 10.3 Å². The molecule has 1 aromatic carbocycles. The molecule has 6 nitrogen and oxygen atoms in total. The summed E-state index contributed by atoms with van der Waals surface area (Å²) >= 11 is 0. The van der Waals surface area contributed by atoms with Crippen molar-refractivity contribution in [3.63, 3.8) is 0 Å². The molecule has 0 bridgehead atoms. The van der Waals surface area contributed by atoms with Crippen molar-refractivity contribution in [3.8, 4) is 11.3 Å². The molecule has 1 aromatic heterocycles. The second-order valence-corrected chi connectivity index (χ2v) is 3.99. The minimum Gasteiger partial charge on any atom is -0.381 e. The highest BCUT2D eigenvalue weighted by molar-refractivity contribution is 5.68. The van der Waals surface area contributed by atoms with Crippen LogP contribution in [0.25, 0.3) is 11.3 Å². The lowest BCUT2D eigenvalue weighted by atomic mass is 10.0. The first-order chi connectivity index (χ1) is 8.54. The highest BCUT2D eigenvalue weighted by Crippen LogP contribution is 2.31. The number of nitro groups is 1. The first kappa shape index (κ1) is 12.1. The Bertz CT molecular complexity index is 605. The SMILES string of the molecule is CCc1c(N)noc1-c1ccc([N+](=O)[O-])c(C)c1. The first-order valence-corrected chi connectivity index (χ1v) is 5.54. The molecule has 6 heteroatoms. The van der Waals surface area contributed by atoms with Gasteiger partial charge < -0.3 is 10.3 Å². The van der Waals surface area contributed by atoms with Gasteiger partial charge >= 0.3 is 0 Å². The van der Waals surface area contributed by atoms with Gasteiger partial charge in [-0.1, -0.05) is 12.1 Å². The predicted molar refractivity (Wildman–Crippen MR) is 67.1 cm³/mol. The van der Waals surface area contributed by atoms with Gasteiger partial charge in [0.2, 0.25) is 0 Å². The molecule has 94 valence electrons. The number of anilines is 1. The van der Waals surface area contributed by atoms with Crippen molar-refractivity contribution < 1.29 is 9.45 Å². The Morgan fingerprint density at radius 1 is 1.50 bits per heavy atom. The van der Waals surface area contributed by atoms with Crippen LogP contribution in [0.4, 0.5) is 11.5 Å². The minimum absolute atomic E-state index is 0.0873. The Balaban J connectivity index is 2.52. The summed E-state index contributed by atoms with van der Waals surface area (Å²) in [6, 6.07) is 4.81. The Morgan fingerprint density at radius 2 is 2.22 bits per heavy atom. The molecule has 0 amide bonds. The fourth-order valence-corrected chi connectivity index (χ4v) is 1.89. The lowest BCUT2D eigenvalue weighted by Gasteiger charge is -2.02. The van der Waals surface area contributed by atoms with Crippen molar-refractivity contribution >= 4 is 11.5 Å². The Morgan fingerprint density at radius 3 is 2.78 bits per heavy atom. The van der Waals surface area contributed by atoms with E-state index in [-0.39, 0.29) is 5.69 Å². The van der Waals surface area contributed by atoms with E-state index in [2.05, 4.69) is 5.16 Å². The van der Waals surface area contributed by atoms with Crippen LogP contribution in [0.2, 0.25) is 0 Å². The number of rotatable bonds is 3. The number of benzene rings is 1. The average molecular weight is 247 g/mol. The zero-order valence-corrected chi connectivity index (χ0v) is 10.1. The van der Waals surface area contributed by atoms with E-state index in [0.717, 1.165) is 11.1 Å². The fourth-order valence-electron chi connectivity index (χ4n) is 1.89. The Kier molecular flexibility index (Phi) is 3.01. The highest BCUT2D eigenvalue weighted by Gasteiger charge is 2.17. The standard InChI is InChI=1S/C12H13N3O3/c1-3-9-11(18-14-12(9)13)8-4-5-10(15(16)17)7(2)6-8/h4-6H,3H2,1-2H3,(H2,13,14). The number of hydrogen-bond donors (Lipinski definition) is 1. The second kappa shape index (κ2) is 4.48. The van der Waals surface area contributed by atoms with Gasteiger partial charge in [-0.15, -0.1) is 0 Å². The maximum absolute atomic E-state index is 10.7. The molecule has 0 fully saturated rings. The summed E-state index contributed by atoms with van der Waals surface area (Å²) in [7, 11) is 0. The number of nitro benzene ring substituents is 1. The zero-order chi connectivity index (χ0) is 13.3. The second-order valence-electron chi connectivity index (χ2n) is 3.99. The third kappa shape index (κ3) is 1.92. The van der Waals surface area contributed by atoms with E-state index < -0.39 is 4.92 Å². The molecule has 0 spiro atoms. The van der Waals surface area contributed by atoms with E-state index >= 15 is 0 Å². The number of hydrogen-bond acceptors (Lipinski definition) is 5. The smallest absolute Gasteiger partial charge is 0.272 e. The van der Waals surface area contributed by atoms with Crippen LogP contribution in [0.1, 0.15) is 18.1 Å². The van der Waals surface area contributed by atoms with Crippen LogP contribution in [0.3, 0.4) is 0 Å². The molecule has 0 aliphatic carbocycles. The van der Waals surface area contributed by atoms with Gasteiger partial charge in [0.1, 0.15) is 0 Å². The lowest BCUT2D eigenvalue weighted by Crippen LogP contribution is -1.93. The van der Waals surface area contributed by atoms with Gasteiger partial charge in [-0.05, 0) is 25.5 Å². The van der Waals surface area contributed by atoms with Crippen LogP contribution in [0.5, 0.6) is 0 Å². The van der Waals surface area contributed by atoms with Crippen LogP contribution >= 0.6 is 0 Å². The molecule has 0 atom stereocenters. The summed E-state index contributed by atoms with van der Waals surface area (Å²) < 4.78 is 5.18. The van der Waals surface area contributed by atoms with Crippen LogP contribution in [-0.4, -0.2) is 10.1 Å². The summed E-state index contributed by atoms with van der Waals surface area (Å²) in [4.78, 5) is 10.3. The topological polar surface area (TPSA) is 95.2 Å². The molecule has 18 heavy (non-hydrogen) atoms. The molecule has 0 radical (unpaired) electrons. The quantitative estimate of drug-likeness (QED) is 0.664. The molecular formula is C12H13N3O3. The van der Waals surface area contributed by atoms with Gasteiger partial charge in [0.25, 0.3) is 5.69 Å². The van der Waals surface area contributed by atoms with Crippen LogP contribution in [0.15, 0.2) is 22.7 Å². The maximum atomic E-state index is 10.7. The summed E-state index contributed by atoms with van der Waals surface area (Å²) in [6.07, 6.45) is 0.695. The van der Waals surface area contributed by atoms with Crippen LogP contribution < -0.4 is 5.73 Å². The first-order valence-electron chi connectivity index (χ1n) is 5.54. The molecule has 2 aromatic rings. The van der Waals surface area contributed by atoms with E-state index in [1.165, 1.54) is 6.07 Å². The van der Waals surface area contributed by atoms with Crippen LogP contribution in [0, 0.1) is 17.0 Å². The number of nitrogens with zero attached hydrogens (tertiary/aromatic N) is 2. The molecular weight excluding hydrogens is 234 g/mol. The summed E-state index contributed by atoms with van der Waals surface area (Å²) in [5.74, 6) is 0.941. The summed E-state index contributed by atoms with van der Waals surface area (Å²) in [6.45, 7) is 3.64. The van der Waals surface area contributed by atoms with Gasteiger partial charge in [0, 0.05) is 22.8 Å². The largest absolute Gasteiger partial charge is 0.381 e. The van der Waals surface area contributed by atoms with Crippen molar-refractivity contribution in [2.45, 2.75) is 20.3 Å². The van der Waals surface area contributed by atoms with E-state index in [9.17, 15) is 10.1 Å². The van der Waals surface area contributed by atoms with Crippen molar-refractivity contribution in [1.82, 2.24) is 5.16 Å². The molecule has 0 aliphatic heterocycles. The number of nitrogen functional groups attached to an aromatic ring is 1. The molecule has 0 saturated carbocycles. The lowest BCUT2D eigenvalue weighted by molar-refractivity contribution is -0.385. The fraction of sp³-hybridized carbons (Fsp3) is 0.250. The number of nitrogens with two attached hydrogens (primary N) is 1. The predicted octanol–water partition coefficient (Wildman–Crippen LogP) is 2.70. The monoisotopic (exact) mass is 247 g/mol. The van der Waals surface area contributed by atoms with Crippen LogP contribution in [-0.2, 0) is 6.42 Å².